The van der Waals surface area contributed by atoms with Gasteiger partial charge in [0, 0.05) is 6.26 Å². The molecule has 0 unspecified atom stereocenters. The molecule has 0 aromatic rings. The van der Waals surface area contributed by atoms with Crippen molar-refractivity contribution < 1.29 is 8.42 Å². The lowest BCUT2D eigenvalue weighted by Crippen LogP contribution is -2.10. The molecule has 0 saturated carbocycles. The van der Waals surface area contributed by atoms with Crippen molar-refractivity contribution in [2.75, 3.05) is 12.0 Å². The zero-order valence-corrected chi connectivity index (χ0v) is 7.46. The van der Waals surface area contributed by atoms with Crippen molar-refractivity contribution >= 4 is 27.0 Å². The zero-order chi connectivity index (χ0) is 8.20. The van der Waals surface area contributed by atoms with Crippen LogP contribution in [0.5, 0.6) is 0 Å². The maximum atomic E-state index is 10.5. The van der Waals surface area contributed by atoms with Gasteiger partial charge in [0.1, 0.15) is 9.84 Å². The Hall–Kier alpha value is -0.160. The lowest BCUT2D eigenvalue weighted by molar-refractivity contribution is 0.600. The van der Waals surface area contributed by atoms with Crippen LogP contribution >= 0.6 is 12.2 Å². The first-order valence-electron chi connectivity index (χ1n) is 2.88. The molecule has 0 aromatic heterocycles. The van der Waals surface area contributed by atoms with E-state index < -0.39 is 9.84 Å². The third kappa shape index (κ3) is 7.84. The van der Waals surface area contributed by atoms with E-state index in [-0.39, 0.29) is 5.75 Å². The smallest absolute Gasteiger partial charge is 0.147 e. The SMILES string of the molecule is CS(=O)(=O)CCCC(N)=S. The van der Waals surface area contributed by atoms with Crippen LogP contribution < -0.4 is 5.73 Å². The van der Waals surface area contributed by atoms with Crippen LogP contribution in [-0.4, -0.2) is 25.4 Å². The molecule has 0 heterocycles. The highest BCUT2D eigenvalue weighted by Gasteiger charge is 2.00. The van der Waals surface area contributed by atoms with E-state index in [0.29, 0.717) is 17.8 Å². The third-order valence-electron chi connectivity index (χ3n) is 0.938. The Morgan fingerprint density at radius 1 is 1.60 bits per heavy atom. The molecule has 0 spiro atoms. The van der Waals surface area contributed by atoms with E-state index in [9.17, 15) is 8.42 Å². The summed E-state index contributed by atoms with van der Waals surface area (Å²) >= 11 is 4.57. The zero-order valence-electron chi connectivity index (χ0n) is 5.83. The molecule has 0 rings (SSSR count). The molecule has 0 fully saturated rings. The number of sulfone groups is 1. The Kier molecular flexibility index (Phi) is 3.81. The summed E-state index contributed by atoms with van der Waals surface area (Å²) in [6.07, 6.45) is 2.25. The van der Waals surface area contributed by atoms with Crippen molar-refractivity contribution in [1.29, 1.82) is 0 Å². The predicted molar refractivity (Wildman–Crippen MR) is 45.7 cm³/mol. The first kappa shape index (κ1) is 9.84. The molecule has 0 aromatic carbocycles. The van der Waals surface area contributed by atoms with Crippen LogP contribution in [0.3, 0.4) is 0 Å². The van der Waals surface area contributed by atoms with Crippen molar-refractivity contribution in [2.45, 2.75) is 12.8 Å². The van der Waals surface area contributed by atoms with Gasteiger partial charge in [-0.1, -0.05) is 12.2 Å². The summed E-state index contributed by atoms with van der Waals surface area (Å²) in [4.78, 5) is 0.378. The second-order valence-electron chi connectivity index (χ2n) is 2.20. The molecule has 0 saturated heterocycles. The van der Waals surface area contributed by atoms with Gasteiger partial charge in [0.05, 0.1) is 10.7 Å². The minimum Gasteiger partial charge on any atom is -0.393 e. The van der Waals surface area contributed by atoms with Gasteiger partial charge in [0.25, 0.3) is 0 Å². The number of hydrogen-bond acceptors (Lipinski definition) is 3. The molecule has 0 radical (unpaired) electrons. The fraction of sp³-hybridized carbons (Fsp3) is 0.800. The van der Waals surface area contributed by atoms with Gasteiger partial charge >= 0.3 is 0 Å². The van der Waals surface area contributed by atoms with E-state index in [1.54, 1.807) is 0 Å². The van der Waals surface area contributed by atoms with Crippen LogP contribution in [0.4, 0.5) is 0 Å². The standard InChI is InChI=1S/C5H11NO2S2/c1-10(7,8)4-2-3-5(6)9/h2-4H2,1H3,(H2,6,9). The van der Waals surface area contributed by atoms with Gasteiger partial charge in [-0.25, -0.2) is 8.42 Å². The quantitative estimate of drug-likeness (QED) is 0.625. The Bertz CT molecular complexity index is 208. The minimum absolute atomic E-state index is 0.171. The van der Waals surface area contributed by atoms with E-state index >= 15 is 0 Å². The molecule has 0 atom stereocenters. The van der Waals surface area contributed by atoms with E-state index in [1.807, 2.05) is 0 Å². The summed E-state index contributed by atoms with van der Waals surface area (Å²) in [7, 11) is -2.83. The second-order valence-corrected chi connectivity index (χ2v) is 4.98. The average Bonchev–Trinajstić information content (AvgIpc) is 1.59. The highest BCUT2D eigenvalue weighted by atomic mass is 32.2. The molecule has 0 aliphatic rings. The Labute approximate surface area is 66.5 Å². The lowest BCUT2D eigenvalue weighted by atomic mass is 10.3. The van der Waals surface area contributed by atoms with E-state index in [4.69, 9.17) is 5.73 Å². The highest BCUT2D eigenvalue weighted by molar-refractivity contribution is 7.90. The monoisotopic (exact) mass is 181 g/mol. The Balaban J connectivity index is 3.49. The maximum absolute atomic E-state index is 10.5. The molecule has 0 amide bonds. The van der Waals surface area contributed by atoms with E-state index in [1.165, 1.54) is 6.26 Å². The molecule has 0 aliphatic carbocycles. The van der Waals surface area contributed by atoms with Crippen LogP contribution in [-0.2, 0) is 9.84 Å². The average molecular weight is 181 g/mol. The van der Waals surface area contributed by atoms with Gasteiger partial charge in [-0.2, -0.15) is 0 Å². The molecule has 2 N–H and O–H groups in total. The number of rotatable bonds is 4. The van der Waals surface area contributed by atoms with Crippen molar-refractivity contribution in [3.8, 4) is 0 Å². The van der Waals surface area contributed by atoms with Gasteiger partial charge in [0.15, 0.2) is 0 Å². The third-order valence-corrected chi connectivity index (χ3v) is 2.17. The van der Waals surface area contributed by atoms with Crippen LogP contribution in [0.15, 0.2) is 0 Å². The highest BCUT2D eigenvalue weighted by Crippen LogP contribution is 1.93. The van der Waals surface area contributed by atoms with Crippen LogP contribution in [0, 0.1) is 0 Å². The normalized spacial score (nSPS) is 11.3. The number of nitrogens with two attached hydrogens (primary N) is 1. The van der Waals surface area contributed by atoms with Gasteiger partial charge in [0.2, 0.25) is 0 Å². The molecule has 5 heteroatoms. The summed E-state index contributed by atoms with van der Waals surface area (Å²) in [5, 5.41) is 0. The molecule has 60 valence electrons. The largest absolute Gasteiger partial charge is 0.393 e. The fourth-order valence-corrected chi connectivity index (χ4v) is 1.32. The summed E-state index contributed by atoms with van der Waals surface area (Å²) in [5.74, 6) is 0.171. The first-order chi connectivity index (χ1) is 4.42. The van der Waals surface area contributed by atoms with Gasteiger partial charge in [-0.3, -0.25) is 0 Å². The predicted octanol–water partition coefficient (Wildman–Crippen LogP) is 0.0973. The molecule has 0 aliphatic heterocycles. The Morgan fingerprint density at radius 3 is 2.40 bits per heavy atom. The van der Waals surface area contributed by atoms with Crippen LogP contribution in [0.2, 0.25) is 0 Å². The van der Waals surface area contributed by atoms with Crippen molar-refractivity contribution in [3.63, 3.8) is 0 Å². The Morgan fingerprint density at radius 2 is 2.10 bits per heavy atom. The molecule has 10 heavy (non-hydrogen) atoms. The van der Waals surface area contributed by atoms with Crippen LogP contribution in [0.1, 0.15) is 12.8 Å². The van der Waals surface area contributed by atoms with Gasteiger partial charge in [-0.15, -0.1) is 0 Å². The lowest BCUT2D eigenvalue weighted by Gasteiger charge is -1.95. The second kappa shape index (κ2) is 3.88. The van der Waals surface area contributed by atoms with Crippen molar-refractivity contribution in [2.24, 2.45) is 5.73 Å². The maximum Gasteiger partial charge on any atom is 0.147 e. The fourth-order valence-electron chi connectivity index (χ4n) is 0.509. The van der Waals surface area contributed by atoms with E-state index in [0.717, 1.165) is 0 Å². The number of hydrogen-bond donors (Lipinski definition) is 1. The number of thiocarbonyl (C=S) groups is 1. The molecular formula is C5H11NO2S2. The first-order valence-corrected chi connectivity index (χ1v) is 5.35. The summed E-state index contributed by atoms with van der Waals surface area (Å²) in [6, 6.07) is 0. The summed E-state index contributed by atoms with van der Waals surface area (Å²) < 4.78 is 21.1. The van der Waals surface area contributed by atoms with Crippen molar-refractivity contribution in [3.05, 3.63) is 0 Å². The van der Waals surface area contributed by atoms with E-state index in [2.05, 4.69) is 12.2 Å². The van der Waals surface area contributed by atoms with Gasteiger partial charge in [-0.05, 0) is 12.8 Å². The van der Waals surface area contributed by atoms with Gasteiger partial charge < -0.3 is 5.73 Å². The van der Waals surface area contributed by atoms with Crippen LogP contribution in [0.25, 0.3) is 0 Å². The van der Waals surface area contributed by atoms with Crippen molar-refractivity contribution in [1.82, 2.24) is 0 Å². The molecule has 0 bridgehead atoms. The summed E-state index contributed by atoms with van der Waals surface area (Å²) in [6.45, 7) is 0. The minimum atomic E-state index is -2.83. The topological polar surface area (TPSA) is 60.2 Å². The summed E-state index contributed by atoms with van der Waals surface area (Å²) in [5.41, 5.74) is 5.16. The molecule has 3 nitrogen and oxygen atoms in total. The molecular weight excluding hydrogens is 170 g/mol.